The normalized spacial score (nSPS) is 15.4. The summed E-state index contributed by atoms with van der Waals surface area (Å²) in [6, 6.07) is 8.27. The van der Waals surface area contributed by atoms with Crippen molar-refractivity contribution in [3.8, 4) is 11.8 Å². The van der Waals surface area contributed by atoms with Crippen molar-refractivity contribution in [3.63, 3.8) is 0 Å². The Morgan fingerprint density at radius 1 is 1.05 bits per heavy atom. The van der Waals surface area contributed by atoms with Crippen LogP contribution in [0.1, 0.15) is 42.5 Å². The van der Waals surface area contributed by atoms with E-state index in [4.69, 9.17) is 0 Å². The molecule has 1 aliphatic rings. The van der Waals surface area contributed by atoms with Crippen molar-refractivity contribution in [2.45, 2.75) is 39.5 Å². The summed E-state index contributed by atoms with van der Waals surface area (Å²) in [6.07, 6.45) is 4.81. The number of hydrogen-bond donors (Lipinski definition) is 0. The highest BCUT2D eigenvalue weighted by atomic mass is 15.5. The van der Waals surface area contributed by atoms with E-state index in [0.717, 1.165) is 43.0 Å². The van der Waals surface area contributed by atoms with E-state index in [1.54, 1.807) is 4.80 Å². The van der Waals surface area contributed by atoms with E-state index < -0.39 is 0 Å². The predicted octanol–water partition coefficient (Wildman–Crippen LogP) is 3.14. The van der Waals surface area contributed by atoms with Crippen molar-refractivity contribution in [1.82, 2.24) is 15.0 Å². The number of rotatable bonds is 2. The molecule has 2 aromatic rings. The second-order valence-corrected chi connectivity index (χ2v) is 5.89. The van der Waals surface area contributed by atoms with Gasteiger partial charge in [0.05, 0.1) is 5.69 Å². The fourth-order valence-corrected chi connectivity index (χ4v) is 2.93. The standard InChI is InChI=1S/C17H21N5/c1-13-8-7-9-16(14(13)2)22-19-15(12-18)17(20-22)21-10-5-3-4-6-11-21/h7-9H,3-6,10-11H2,1-2H3. The van der Waals surface area contributed by atoms with Gasteiger partial charge in [0.15, 0.2) is 5.82 Å². The van der Waals surface area contributed by atoms with Crippen LogP contribution in [0.5, 0.6) is 0 Å². The van der Waals surface area contributed by atoms with Gasteiger partial charge in [0.2, 0.25) is 5.69 Å². The molecule has 0 unspecified atom stereocenters. The molecule has 0 saturated carbocycles. The maximum atomic E-state index is 9.41. The largest absolute Gasteiger partial charge is 0.353 e. The number of aromatic nitrogens is 3. The summed E-state index contributed by atoms with van der Waals surface area (Å²) in [5, 5.41) is 18.4. The number of nitrogens with zero attached hydrogens (tertiary/aromatic N) is 5. The van der Waals surface area contributed by atoms with Gasteiger partial charge in [0.1, 0.15) is 6.07 Å². The average molecular weight is 295 g/mol. The molecule has 1 aromatic heterocycles. The van der Waals surface area contributed by atoms with E-state index in [-0.39, 0.29) is 0 Å². The van der Waals surface area contributed by atoms with Crippen LogP contribution in [-0.4, -0.2) is 28.1 Å². The first-order valence-corrected chi connectivity index (χ1v) is 7.89. The molecule has 1 aliphatic heterocycles. The van der Waals surface area contributed by atoms with E-state index in [9.17, 15) is 5.26 Å². The molecule has 0 atom stereocenters. The van der Waals surface area contributed by atoms with Crippen LogP contribution in [-0.2, 0) is 0 Å². The van der Waals surface area contributed by atoms with Crippen LogP contribution in [0.25, 0.3) is 5.69 Å². The van der Waals surface area contributed by atoms with Gasteiger partial charge in [0.25, 0.3) is 0 Å². The molecule has 0 bridgehead atoms. The molecule has 0 N–H and O–H groups in total. The summed E-state index contributed by atoms with van der Waals surface area (Å²) in [4.78, 5) is 3.82. The number of benzene rings is 1. The van der Waals surface area contributed by atoms with Gasteiger partial charge in [-0.15, -0.1) is 15.0 Å². The van der Waals surface area contributed by atoms with Crippen LogP contribution < -0.4 is 4.90 Å². The minimum atomic E-state index is 0.419. The SMILES string of the molecule is Cc1cccc(-n2nc(C#N)c(N3CCCCCC3)n2)c1C. The zero-order chi connectivity index (χ0) is 15.5. The molecule has 22 heavy (non-hydrogen) atoms. The quantitative estimate of drug-likeness (QED) is 0.854. The first-order valence-electron chi connectivity index (χ1n) is 7.89. The third-order valence-corrected chi connectivity index (χ3v) is 4.40. The summed E-state index contributed by atoms with van der Waals surface area (Å²) >= 11 is 0. The molecule has 1 fully saturated rings. The van der Waals surface area contributed by atoms with E-state index in [1.165, 1.54) is 18.4 Å². The lowest BCUT2D eigenvalue weighted by Gasteiger charge is -2.19. The maximum absolute atomic E-state index is 9.41. The zero-order valence-corrected chi connectivity index (χ0v) is 13.2. The minimum absolute atomic E-state index is 0.419. The third-order valence-electron chi connectivity index (χ3n) is 4.40. The van der Waals surface area contributed by atoms with Gasteiger partial charge in [-0.1, -0.05) is 25.0 Å². The van der Waals surface area contributed by atoms with E-state index in [1.807, 2.05) is 12.1 Å². The molecule has 5 heteroatoms. The van der Waals surface area contributed by atoms with Gasteiger partial charge in [0, 0.05) is 13.1 Å². The topological polar surface area (TPSA) is 57.7 Å². The molecule has 3 rings (SSSR count). The van der Waals surface area contributed by atoms with E-state index in [2.05, 4.69) is 41.1 Å². The monoisotopic (exact) mass is 295 g/mol. The van der Waals surface area contributed by atoms with Crippen LogP contribution in [0, 0.1) is 25.2 Å². The smallest absolute Gasteiger partial charge is 0.207 e. The highest BCUT2D eigenvalue weighted by molar-refractivity contribution is 5.51. The number of hydrogen-bond acceptors (Lipinski definition) is 4. The number of aryl methyl sites for hydroxylation is 1. The van der Waals surface area contributed by atoms with Crippen molar-refractivity contribution in [3.05, 3.63) is 35.0 Å². The third kappa shape index (κ3) is 2.69. The van der Waals surface area contributed by atoms with Gasteiger partial charge in [-0.25, -0.2) is 0 Å². The van der Waals surface area contributed by atoms with Gasteiger partial charge >= 0.3 is 0 Å². The van der Waals surface area contributed by atoms with Crippen LogP contribution in [0.3, 0.4) is 0 Å². The van der Waals surface area contributed by atoms with Crippen molar-refractivity contribution in [2.24, 2.45) is 0 Å². The molecule has 0 aliphatic carbocycles. The number of anilines is 1. The molecule has 114 valence electrons. The Bertz CT molecular complexity index is 702. The Morgan fingerprint density at radius 2 is 1.77 bits per heavy atom. The summed E-state index contributed by atoms with van der Waals surface area (Å²) in [6.45, 7) is 6.05. The number of nitriles is 1. The van der Waals surface area contributed by atoms with Crippen LogP contribution in [0.15, 0.2) is 18.2 Å². The van der Waals surface area contributed by atoms with Gasteiger partial charge in [-0.3, -0.25) is 0 Å². The average Bonchev–Trinajstić information content (AvgIpc) is 2.76. The molecule has 0 amide bonds. The Hall–Kier alpha value is -2.35. The Morgan fingerprint density at radius 3 is 2.45 bits per heavy atom. The Labute approximate surface area is 131 Å². The highest BCUT2D eigenvalue weighted by Gasteiger charge is 2.20. The lowest BCUT2D eigenvalue weighted by atomic mass is 10.1. The van der Waals surface area contributed by atoms with Crippen LogP contribution in [0.4, 0.5) is 5.82 Å². The minimum Gasteiger partial charge on any atom is -0.353 e. The van der Waals surface area contributed by atoms with Crippen molar-refractivity contribution in [1.29, 1.82) is 5.26 Å². The zero-order valence-electron chi connectivity index (χ0n) is 13.2. The van der Waals surface area contributed by atoms with Crippen molar-refractivity contribution < 1.29 is 0 Å². The lowest BCUT2D eigenvalue weighted by Crippen LogP contribution is -2.25. The highest BCUT2D eigenvalue weighted by Crippen LogP contribution is 2.23. The summed E-state index contributed by atoms with van der Waals surface area (Å²) in [5.74, 6) is 0.727. The molecule has 2 heterocycles. The molecule has 1 saturated heterocycles. The molecular formula is C17H21N5. The summed E-state index contributed by atoms with van der Waals surface area (Å²) in [7, 11) is 0. The lowest BCUT2D eigenvalue weighted by molar-refractivity contribution is 0.723. The summed E-state index contributed by atoms with van der Waals surface area (Å²) < 4.78 is 0. The van der Waals surface area contributed by atoms with Crippen molar-refractivity contribution in [2.75, 3.05) is 18.0 Å². The van der Waals surface area contributed by atoms with Crippen LogP contribution in [0.2, 0.25) is 0 Å². The molecule has 1 aromatic carbocycles. The molecule has 5 nitrogen and oxygen atoms in total. The van der Waals surface area contributed by atoms with Gasteiger partial charge in [-0.2, -0.15) is 5.26 Å². The second-order valence-electron chi connectivity index (χ2n) is 5.89. The van der Waals surface area contributed by atoms with E-state index >= 15 is 0 Å². The van der Waals surface area contributed by atoms with Crippen LogP contribution >= 0.6 is 0 Å². The first-order chi connectivity index (χ1) is 10.7. The maximum Gasteiger partial charge on any atom is 0.207 e. The summed E-state index contributed by atoms with van der Waals surface area (Å²) in [5.41, 5.74) is 3.70. The van der Waals surface area contributed by atoms with Gasteiger partial charge < -0.3 is 4.90 Å². The van der Waals surface area contributed by atoms with Crippen molar-refractivity contribution >= 4 is 5.82 Å². The second kappa shape index (κ2) is 6.18. The van der Waals surface area contributed by atoms with Gasteiger partial charge in [-0.05, 0) is 43.9 Å². The Balaban J connectivity index is 2.01. The Kier molecular flexibility index (Phi) is 4.10. The first kappa shape index (κ1) is 14.6. The fraction of sp³-hybridized carbons (Fsp3) is 0.471. The van der Waals surface area contributed by atoms with E-state index in [0.29, 0.717) is 5.69 Å². The fourth-order valence-electron chi connectivity index (χ4n) is 2.93. The molecular weight excluding hydrogens is 274 g/mol. The molecule has 0 radical (unpaired) electrons. The predicted molar refractivity (Wildman–Crippen MR) is 86.2 cm³/mol. The molecule has 0 spiro atoms.